The summed E-state index contributed by atoms with van der Waals surface area (Å²) in [4.78, 5) is 0. The Labute approximate surface area is 148 Å². The maximum absolute atomic E-state index is 2.44. The maximum Gasteiger partial charge on any atom is 0.0412 e. The molecular weight excluding hydrogens is 371 g/mol. The van der Waals surface area contributed by atoms with Gasteiger partial charge in [0, 0.05) is 8.80 Å². The van der Waals surface area contributed by atoms with Crippen molar-refractivity contribution in [2.45, 2.75) is 116 Å². The van der Waals surface area contributed by atoms with E-state index in [-0.39, 0.29) is 32.8 Å². The molecule has 0 aromatic rings. The van der Waals surface area contributed by atoms with Gasteiger partial charge in [-0.25, -0.2) is 0 Å². The summed E-state index contributed by atoms with van der Waals surface area (Å²) in [6, 6.07) is 1.53. The fourth-order valence-electron chi connectivity index (χ4n) is 2.67. The Bertz CT molecular complexity index is 159. The average Bonchev–Trinajstić information content (AvgIpc) is 2.39. The van der Waals surface area contributed by atoms with Crippen molar-refractivity contribution in [1.29, 1.82) is 0 Å². The molecule has 0 amide bonds. The lowest BCUT2D eigenvalue weighted by Crippen LogP contribution is -1.97. The van der Waals surface area contributed by atoms with E-state index in [4.69, 9.17) is 0 Å². The second-order valence-corrected chi connectivity index (χ2v) is 9.47. The molecule has 0 aliphatic rings. The van der Waals surface area contributed by atoms with Crippen molar-refractivity contribution in [3.8, 4) is 0 Å². The molecule has 1 radical (unpaired) electrons. The largest absolute Gasteiger partial charge is 0.107 e. The average molecular weight is 412 g/mol. The van der Waals surface area contributed by atoms with Crippen LogP contribution < -0.4 is 0 Å². The van der Waals surface area contributed by atoms with Crippen molar-refractivity contribution in [2.75, 3.05) is 0 Å². The molecule has 2 heteroatoms. The third-order valence-electron chi connectivity index (χ3n) is 4.03. The summed E-state index contributed by atoms with van der Waals surface area (Å²) in [7, 11) is 0.0497. The molecular formula is C18H40ISi. The highest BCUT2D eigenvalue weighted by Gasteiger charge is 1.96. The second kappa shape index (κ2) is 19.9. The summed E-state index contributed by atoms with van der Waals surface area (Å²) in [5, 5.41) is 0. The summed E-state index contributed by atoms with van der Waals surface area (Å²) < 4.78 is 0. The Morgan fingerprint density at radius 2 is 0.800 bits per heavy atom. The molecule has 0 saturated carbocycles. The fraction of sp³-hybridized carbons (Fsp3) is 1.00. The first kappa shape index (κ1) is 23.2. The second-order valence-electron chi connectivity index (χ2n) is 6.55. The standard InChI is InChI=1S/C18H39Si.HI/c1-4-5-6-7-8-9-10-11-12-13-14-15-16-17-18-19(2)3;/h4-18H2,1-3H3;1H. The summed E-state index contributed by atoms with van der Waals surface area (Å²) in [5.74, 6) is 0. The molecule has 0 bridgehead atoms. The lowest BCUT2D eigenvalue weighted by molar-refractivity contribution is 0.538. The summed E-state index contributed by atoms with van der Waals surface area (Å²) >= 11 is 0. The van der Waals surface area contributed by atoms with Crippen LogP contribution in [0.15, 0.2) is 0 Å². The number of rotatable bonds is 15. The third-order valence-corrected chi connectivity index (χ3v) is 5.38. The van der Waals surface area contributed by atoms with E-state index in [1.54, 1.807) is 0 Å². The molecule has 0 aromatic carbocycles. The SMILES string of the molecule is CCCCCCCCCCCCCCCC[Si](C)C.I. The van der Waals surface area contributed by atoms with Gasteiger partial charge in [-0.15, -0.1) is 24.0 Å². The molecule has 123 valence electrons. The van der Waals surface area contributed by atoms with Crippen LogP contribution in [0.1, 0.15) is 96.8 Å². The molecule has 0 aromatic heterocycles. The van der Waals surface area contributed by atoms with E-state index in [0.717, 1.165) is 0 Å². The van der Waals surface area contributed by atoms with Crippen LogP contribution in [-0.2, 0) is 0 Å². The van der Waals surface area contributed by atoms with Gasteiger partial charge < -0.3 is 0 Å². The fourth-order valence-corrected chi connectivity index (χ4v) is 3.63. The number of halogens is 1. The molecule has 0 rings (SSSR count). The highest BCUT2D eigenvalue weighted by Crippen LogP contribution is 2.13. The van der Waals surface area contributed by atoms with Crippen LogP contribution in [0.3, 0.4) is 0 Å². The molecule has 0 aliphatic carbocycles. The van der Waals surface area contributed by atoms with E-state index in [1.165, 1.54) is 95.9 Å². The molecule has 20 heavy (non-hydrogen) atoms. The molecule has 0 aliphatic heterocycles. The van der Waals surface area contributed by atoms with Gasteiger partial charge in [-0.1, -0.05) is 116 Å². The van der Waals surface area contributed by atoms with Gasteiger partial charge in [-0.05, 0) is 0 Å². The van der Waals surface area contributed by atoms with E-state index in [0.29, 0.717) is 0 Å². The zero-order valence-corrected chi connectivity index (χ0v) is 17.8. The van der Waals surface area contributed by atoms with Crippen LogP contribution in [-0.4, -0.2) is 8.80 Å². The first-order valence-electron chi connectivity index (χ1n) is 9.06. The zero-order valence-electron chi connectivity index (χ0n) is 14.5. The van der Waals surface area contributed by atoms with Gasteiger partial charge >= 0.3 is 0 Å². The Morgan fingerprint density at radius 3 is 1.10 bits per heavy atom. The normalized spacial score (nSPS) is 10.8. The minimum Gasteiger partial charge on any atom is -0.107 e. The monoisotopic (exact) mass is 411 g/mol. The zero-order chi connectivity index (χ0) is 14.2. The predicted molar refractivity (Wildman–Crippen MR) is 108 cm³/mol. The van der Waals surface area contributed by atoms with Gasteiger partial charge in [-0.2, -0.15) is 0 Å². The van der Waals surface area contributed by atoms with Crippen LogP contribution in [0.2, 0.25) is 19.1 Å². The Morgan fingerprint density at radius 1 is 0.500 bits per heavy atom. The van der Waals surface area contributed by atoms with Crippen molar-refractivity contribution < 1.29 is 0 Å². The summed E-state index contributed by atoms with van der Waals surface area (Å²) in [6.45, 7) is 7.17. The highest BCUT2D eigenvalue weighted by atomic mass is 127. The van der Waals surface area contributed by atoms with Gasteiger partial charge in [0.05, 0.1) is 0 Å². The van der Waals surface area contributed by atoms with Gasteiger partial charge in [0.2, 0.25) is 0 Å². The number of unbranched alkanes of at least 4 members (excludes halogenated alkanes) is 13. The molecule has 0 N–H and O–H groups in total. The number of hydrogen-bond acceptors (Lipinski definition) is 0. The van der Waals surface area contributed by atoms with Crippen LogP contribution in [0.5, 0.6) is 0 Å². The Hall–Kier alpha value is 0.947. The Kier molecular flexibility index (Phi) is 23.2. The minimum absolute atomic E-state index is 0. The van der Waals surface area contributed by atoms with Crippen molar-refractivity contribution in [3.63, 3.8) is 0 Å². The van der Waals surface area contributed by atoms with Gasteiger partial charge in [0.25, 0.3) is 0 Å². The maximum atomic E-state index is 2.44. The smallest absolute Gasteiger partial charge is 0.0412 e. The molecule has 0 unspecified atom stereocenters. The molecule has 0 spiro atoms. The minimum atomic E-state index is 0. The topological polar surface area (TPSA) is 0 Å². The first-order valence-corrected chi connectivity index (χ1v) is 11.8. The van der Waals surface area contributed by atoms with E-state index >= 15 is 0 Å². The van der Waals surface area contributed by atoms with E-state index < -0.39 is 0 Å². The number of hydrogen-bond donors (Lipinski definition) is 0. The van der Waals surface area contributed by atoms with Gasteiger partial charge in [0.15, 0.2) is 0 Å². The molecule has 0 nitrogen and oxygen atoms in total. The predicted octanol–water partition coefficient (Wildman–Crippen LogP) is 7.84. The quantitative estimate of drug-likeness (QED) is 0.146. The van der Waals surface area contributed by atoms with E-state index in [2.05, 4.69) is 20.0 Å². The van der Waals surface area contributed by atoms with Gasteiger partial charge in [0.1, 0.15) is 0 Å². The van der Waals surface area contributed by atoms with Gasteiger partial charge in [-0.3, -0.25) is 0 Å². The Balaban J connectivity index is 0. The highest BCUT2D eigenvalue weighted by molar-refractivity contribution is 14.0. The molecule has 0 atom stereocenters. The van der Waals surface area contributed by atoms with Crippen LogP contribution >= 0.6 is 24.0 Å². The lowest BCUT2D eigenvalue weighted by atomic mass is 10.0. The lowest BCUT2D eigenvalue weighted by Gasteiger charge is -2.04. The molecule has 0 heterocycles. The van der Waals surface area contributed by atoms with Crippen molar-refractivity contribution in [1.82, 2.24) is 0 Å². The summed E-state index contributed by atoms with van der Waals surface area (Å²) in [5.41, 5.74) is 0. The van der Waals surface area contributed by atoms with E-state index in [1.807, 2.05) is 0 Å². The van der Waals surface area contributed by atoms with Crippen molar-refractivity contribution >= 4 is 32.8 Å². The van der Waals surface area contributed by atoms with Crippen molar-refractivity contribution in [2.24, 2.45) is 0 Å². The molecule has 0 saturated heterocycles. The van der Waals surface area contributed by atoms with Crippen LogP contribution in [0.4, 0.5) is 0 Å². The van der Waals surface area contributed by atoms with Crippen LogP contribution in [0, 0.1) is 0 Å². The van der Waals surface area contributed by atoms with Crippen LogP contribution in [0.25, 0.3) is 0 Å². The summed E-state index contributed by atoms with van der Waals surface area (Å²) in [6.07, 6.45) is 20.7. The first-order chi connectivity index (χ1) is 9.27. The molecule has 0 fully saturated rings. The van der Waals surface area contributed by atoms with E-state index in [9.17, 15) is 0 Å². The third kappa shape index (κ3) is 21.2. The van der Waals surface area contributed by atoms with Crippen molar-refractivity contribution in [3.05, 3.63) is 0 Å².